The van der Waals surface area contributed by atoms with Crippen molar-refractivity contribution in [2.24, 2.45) is 11.8 Å². The van der Waals surface area contributed by atoms with E-state index in [1.54, 1.807) is 0 Å². The van der Waals surface area contributed by atoms with E-state index in [-0.39, 0.29) is 17.9 Å². The first-order chi connectivity index (χ1) is 8.11. The minimum absolute atomic E-state index is 0.0842. The molecular formula is C13H21N3O. The van der Waals surface area contributed by atoms with E-state index in [0.29, 0.717) is 0 Å². The van der Waals surface area contributed by atoms with Crippen molar-refractivity contribution in [1.29, 1.82) is 5.26 Å². The Kier molecular flexibility index (Phi) is 3.68. The van der Waals surface area contributed by atoms with Crippen molar-refractivity contribution in [3.8, 4) is 6.07 Å². The maximum Gasteiger partial charge on any atom is 0.237 e. The van der Waals surface area contributed by atoms with Gasteiger partial charge < -0.3 is 5.32 Å². The molecule has 1 heterocycles. The lowest BCUT2D eigenvalue weighted by molar-refractivity contribution is -0.125. The second-order valence-corrected chi connectivity index (χ2v) is 5.57. The van der Waals surface area contributed by atoms with Gasteiger partial charge in [-0.2, -0.15) is 5.26 Å². The molecule has 2 rings (SSSR count). The first kappa shape index (κ1) is 12.4. The second kappa shape index (κ2) is 5.05. The normalized spacial score (nSPS) is 26.8. The smallest absolute Gasteiger partial charge is 0.237 e. The average molecular weight is 235 g/mol. The molecule has 0 spiro atoms. The molecule has 94 valence electrons. The predicted molar refractivity (Wildman–Crippen MR) is 65.1 cm³/mol. The lowest BCUT2D eigenvalue weighted by Crippen LogP contribution is -2.41. The van der Waals surface area contributed by atoms with Crippen molar-refractivity contribution >= 4 is 5.91 Å². The van der Waals surface area contributed by atoms with Gasteiger partial charge in [0.1, 0.15) is 5.92 Å². The van der Waals surface area contributed by atoms with Gasteiger partial charge in [0.15, 0.2) is 0 Å². The molecule has 2 unspecified atom stereocenters. The zero-order valence-electron chi connectivity index (χ0n) is 10.6. The summed E-state index contributed by atoms with van der Waals surface area (Å²) in [6, 6.07) is 3.12. The highest BCUT2D eigenvalue weighted by molar-refractivity contribution is 5.81. The maximum absolute atomic E-state index is 11.9. The van der Waals surface area contributed by atoms with Crippen molar-refractivity contribution in [3.05, 3.63) is 0 Å². The number of carbonyl (C=O) groups excluding carboxylic acids is 1. The molecule has 1 saturated heterocycles. The molecule has 17 heavy (non-hydrogen) atoms. The van der Waals surface area contributed by atoms with Crippen LogP contribution in [0.2, 0.25) is 0 Å². The fraction of sp³-hybridized carbons (Fsp3) is 0.846. The van der Waals surface area contributed by atoms with Crippen LogP contribution in [0.4, 0.5) is 0 Å². The van der Waals surface area contributed by atoms with Gasteiger partial charge in [0.05, 0.1) is 6.07 Å². The summed E-state index contributed by atoms with van der Waals surface area (Å²) in [4.78, 5) is 14.4. The highest BCUT2D eigenvalue weighted by atomic mass is 16.2. The first-order valence-electron chi connectivity index (χ1n) is 6.56. The summed E-state index contributed by atoms with van der Waals surface area (Å²) in [7, 11) is 0. The zero-order valence-corrected chi connectivity index (χ0v) is 10.6. The van der Waals surface area contributed by atoms with Crippen LogP contribution in [-0.2, 0) is 4.79 Å². The quantitative estimate of drug-likeness (QED) is 0.795. The van der Waals surface area contributed by atoms with Gasteiger partial charge in [-0.1, -0.05) is 13.8 Å². The van der Waals surface area contributed by atoms with E-state index in [2.05, 4.69) is 16.3 Å². The molecule has 2 aliphatic rings. The number of amides is 1. The third-order valence-electron chi connectivity index (χ3n) is 3.72. The number of carbonyl (C=O) groups is 1. The number of hydrogen-bond donors (Lipinski definition) is 1. The van der Waals surface area contributed by atoms with E-state index in [1.807, 2.05) is 13.8 Å². The summed E-state index contributed by atoms with van der Waals surface area (Å²) in [5, 5.41) is 12.0. The maximum atomic E-state index is 11.9. The van der Waals surface area contributed by atoms with E-state index in [4.69, 9.17) is 5.26 Å². The van der Waals surface area contributed by atoms with Crippen LogP contribution in [0, 0.1) is 23.2 Å². The van der Waals surface area contributed by atoms with Crippen LogP contribution in [0.1, 0.15) is 33.1 Å². The molecule has 2 atom stereocenters. The third kappa shape index (κ3) is 2.98. The Labute approximate surface area is 103 Å². The van der Waals surface area contributed by atoms with Crippen LogP contribution in [0.15, 0.2) is 0 Å². The number of nitrogens with zero attached hydrogens (tertiary/aromatic N) is 2. The molecule has 0 aromatic carbocycles. The number of nitriles is 1. The molecule has 1 aliphatic heterocycles. The van der Waals surface area contributed by atoms with Gasteiger partial charge >= 0.3 is 0 Å². The minimum Gasteiger partial charge on any atom is -0.351 e. The monoisotopic (exact) mass is 235 g/mol. The van der Waals surface area contributed by atoms with E-state index in [9.17, 15) is 4.79 Å². The highest BCUT2D eigenvalue weighted by Gasteiger charge is 2.35. The van der Waals surface area contributed by atoms with Gasteiger partial charge in [-0.3, -0.25) is 9.69 Å². The highest BCUT2D eigenvalue weighted by Crippen LogP contribution is 2.29. The van der Waals surface area contributed by atoms with Crippen LogP contribution in [0.25, 0.3) is 0 Å². The number of hydrogen-bond acceptors (Lipinski definition) is 3. The Balaban J connectivity index is 1.81. The summed E-state index contributed by atoms with van der Waals surface area (Å²) >= 11 is 0. The van der Waals surface area contributed by atoms with Gasteiger partial charge in [-0.15, -0.1) is 0 Å². The Morgan fingerprint density at radius 1 is 1.41 bits per heavy atom. The SMILES string of the molecule is CC(C)C(C#N)C(=O)NC1CCN(C2CC2)C1. The fourth-order valence-corrected chi connectivity index (χ4v) is 2.48. The Bertz CT molecular complexity index is 330. The van der Waals surface area contributed by atoms with Crippen molar-refractivity contribution in [2.45, 2.75) is 45.2 Å². The standard InChI is InChI=1S/C13H21N3O/c1-9(2)12(7-14)13(17)15-10-5-6-16(8-10)11-3-4-11/h9-12H,3-6,8H2,1-2H3,(H,15,17). The number of rotatable bonds is 4. The average Bonchev–Trinajstić information content (AvgIpc) is 3.01. The predicted octanol–water partition coefficient (Wildman–Crippen LogP) is 1.14. The summed E-state index contributed by atoms with van der Waals surface area (Å²) in [6.45, 7) is 5.89. The first-order valence-corrected chi connectivity index (χ1v) is 6.56. The molecule has 1 aliphatic carbocycles. The molecule has 2 fully saturated rings. The summed E-state index contributed by atoms with van der Waals surface area (Å²) in [6.07, 6.45) is 3.65. The second-order valence-electron chi connectivity index (χ2n) is 5.57. The van der Waals surface area contributed by atoms with Gasteiger partial charge in [0, 0.05) is 25.2 Å². The number of likely N-dealkylation sites (tertiary alicyclic amines) is 1. The Hall–Kier alpha value is -1.08. The summed E-state index contributed by atoms with van der Waals surface area (Å²) < 4.78 is 0. The lowest BCUT2D eigenvalue weighted by Gasteiger charge is -2.18. The third-order valence-corrected chi connectivity index (χ3v) is 3.72. The van der Waals surface area contributed by atoms with E-state index in [0.717, 1.165) is 25.6 Å². The van der Waals surface area contributed by atoms with Gasteiger partial charge in [-0.25, -0.2) is 0 Å². The molecule has 0 aromatic rings. The lowest BCUT2D eigenvalue weighted by atomic mass is 9.96. The number of nitrogens with one attached hydrogen (secondary N) is 1. The van der Waals surface area contributed by atoms with Gasteiger partial charge in [-0.05, 0) is 25.2 Å². The molecule has 0 bridgehead atoms. The van der Waals surface area contributed by atoms with Crippen LogP contribution in [0.3, 0.4) is 0 Å². The minimum atomic E-state index is -0.509. The molecule has 4 nitrogen and oxygen atoms in total. The van der Waals surface area contributed by atoms with Crippen molar-refractivity contribution in [2.75, 3.05) is 13.1 Å². The molecule has 0 aromatic heterocycles. The Morgan fingerprint density at radius 2 is 2.12 bits per heavy atom. The van der Waals surface area contributed by atoms with Crippen LogP contribution >= 0.6 is 0 Å². The van der Waals surface area contributed by atoms with Gasteiger partial charge in [0.2, 0.25) is 5.91 Å². The van der Waals surface area contributed by atoms with E-state index < -0.39 is 5.92 Å². The van der Waals surface area contributed by atoms with Crippen molar-refractivity contribution < 1.29 is 4.79 Å². The van der Waals surface area contributed by atoms with Gasteiger partial charge in [0.25, 0.3) is 0 Å². The molecule has 1 saturated carbocycles. The van der Waals surface area contributed by atoms with Crippen LogP contribution < -0.4 is 5.32 Å². The van der Waals surface area contributed by atoms with Crippen LogP contribution in [-0.4, -0.2) is 36.0 Å². The molecular weight excluding hydrogens is 214 g/mol. The molecule has 1 N–H and O–H groups in total. The zero-order chi connectivity index (χ0) is 12.4. The summed E-state index contributed by atoms with van der Waals surface area (Å²) in [5.41, 5.74) is 0. The summed E-state index contributed by atoms with van der Waals surface area (Å²) in [5.74, 6) is -0.518. The molecule has 0 radical (unpaired) electrons. The van der Waals surface area contributed by atoms with Crippen molar-refractivity contribution in [3.63, 3.8) is 0 Å². The fourth-order valence-electron chi connectivity index (χ4n) is 2.48. The van der Waals surface area contributed by atoms with Crippen LogP contribution in [0.5, 0.6) is 0 Å². The topological polar surface area (TPSA) is 56.1 Å². The largest absolute Gasteiger partial charge is 0.351 e. The molecule has 1 amide bonds. The molecule has 4 heteroatoms. The van der Waals surface area contributed by atoms with Crippen molar-refractivity contribution in [1.82, 2.24) is 10.2 Å². The van der Waals surface area contributed by atoms with E-state index >= 15 is 0 Å². The van der Waals surface area contributed by atoms with E-state index in [1.165, 1.54) is 12.8 Å². The Morgan fingerprint density at radius 3 is 2.65 bits per heavy atom.